The number of aromatic nitrogens is 4. The molecule has 29 heavy (non-hydrogen) atoms. The summed E-state index contributed by atoms with van der Waals surface area (Å²) in [5.74, 6) is 1.00. The van der Waals surface area contributed by atoms with Gasteiger partial charge in [0.1, 0.15) is 12.4 Å². The fraction of sp³-hybridized carbons (Fsp3) is 0.400. The molecular formula is C20H23N5O2S2. The summed E-state index contributed by atoms with van der Waals surface area (Å²) in [6.07, 6.45) is 2.10. The van der Waals surface area contributed by atoms with Crippen molar-refractivity contribution in [1.29, 1.82) is 0 Å². The first-order chi connectivity index (χ1) is 13.9. The van der Waals surface area contributed by atoms with Crippen molar-refractivity contribution < 1.29 is 9.59 Å². The van der Waals surface area contributed by atoms with Crippen molar-refractivity contribution in [2.75, 3.05) is 5.75 Å². The molecule has 0 aromatic carbocycles. The summed E-state index contributed by atoms with van der Waals surface area (Å²) >= 11 is 3.02. The van der Waals surface area contributed by atoms with Gasteiger partial charge < -0.3 is 10.3 Å². The van der Waals surface area contributed by atoms with Crippen molar-refractivity contribution in [1.82, 2.24) is 19.3 Å². The number of primary amides is 1. The molecule has 3 aromatic rings. The molecule has 152 valence electrons. The molecule has 1 fully saturated rings. The van der Waals surface area contributed by atoms with Crippen LogP contribution in [0.25, 0.3) is 0 Å². The fourth-order valence-corrected chi connectivity index (χ4v) is 4.97. The molecule has 9 heteroatoms. The van der Waals surface area contributed by atoms with Gasteiger partial charge in [0, 0.05) is 27.7 Å². The van der Waals surface area contributed by atoms with Crippen LogP contribution in [-0.4, -0.2) is 36.8 Å². The summed E-state index contributed by atoms with van der Waals surface area (Å²) in [7, 11) is 0. The average Bonchev–Trinajstić information content (AvgIpc) is 3.13. The number of thiophene rings is 1. The highest BCUT2D eigenvalue weighted by atomic mass is 32.2. The number of Topliss-reactive ketones (excluding diaryl/α,β-unsaturated/α-hetero) is 1. The van der Waals surface area contributed by atoms with E-state index in [-0.39, 0.29) is 18.1 Å². The van der Waals surface area contributed by atoms with E-state index in [1.165, 1.54) is 16.6 Å². The van der Waals surface area contributed by atoms with Gasteiger partial charge in [-0.3, -0.25) is 14.2 Å². The molecule has 0 unspecified atom stereocenters. The Balaban J connectivity index is 1.49. The van der Waals surface area contributed by atoms with Crippen LogP contribution in [0.4, 0.5) is 0 Å². The summed E-state index contributed by atoms with van der Waals surface area (Å²) in [6, 6.07) is 6.09. The summed E-state index contributed by atoms with van der Waals surface area (Å²) in [5, 5.41) is 11.1. The van der Waals surface area contributed by atoms with Crippen molar-refractivity contribution in [3.63, 3.8) is 0 Å². The van der Waals surface area contributed by atoms with E-state index in [0.717, 1.165) is 42.2 Å². The van der Waals surface area contributed by atoms with E-state index >= 15 is 0 Å². The van der Waals surface area contributed by atoms with E-state index in [4.69, 9.17) is 5.73 Å². The first-order valence-corrected chi connectivity index (χ1v) is 11.4. The number of ketones is 1. The van der Waals surface area contributed by atoms with Crippen LogP contribution in [0, 0.1) is 13.8 Å². The zero-order chi connectivity index (χ0) is 20.5. The Morgan fingerprint density at radius 1 is 1.28 bits per heavy atom. The van der Waals surface area contributed by atoms with Gasteiger partial charge in [0.25, 0.3) is 0 Å². The van der Waals surface area contributed by atoms with Crippen LogP contribution < -0.4 is 5.73 Å². The van der Waals surface area contributed by atoms with Crippen LogP contribution >= 0.6 is 23.1 Å². The highest BCUT2D eigenvalue weighted by Crippen LogP contribution is 2.40. The maximum absolute atomic E-state index is 12.9. The normalized spacial score (nSPS) is 13.7. The minimum atomic E-state index is -0.433. The Labute approximate surface area is 177 Å². The second-order valence-electron chi connectivity index (χ2n) is 7.33. The second kappa shape index (κ2) is 8.16. The highest BCUT2D eigenvalue weighted by Gasteiger charge is 2.31. The Morgan fingerprint density at radius 2 is 2.07 bits per heavy atom. The Bertz CT molecular complexity index is 1050. The minimum Gasteiger partial charge on any atom is -0.368 e. The summed E-state index contributed by atoms with van der Waals surface area (Å²) in [4.78, 5) is 25.6. The molecule has 3 aromatic heterocycles. The number of aryl methyl sites for hydroxylation is 1. The molecule has 0 bridgehead atoms. The van der Waals surface area contributed by atoms with Gasteiger partial charge in [-0.25, -0.2) is 0 Å². The van der Waals surface area contributed by atoms with Gasteiger partial charge in [-0.05, 0) is 44.2 Å². The molecule has 1 amide bonds. The molecule has 2 N–H and O–H groups in total. The Hall–Kier alpha value is -2.39. The molecule has 1 aliphatic rings. The lowest BCUT2D eigenvalue weighted by Gasteiger charge is -2.09. The van der Waals surface area contributed by atoms with Gasteiger partial charge in [0.2, 0.25) is 5.91 Å². The predicted molar refractivity (Wildman–Crippen MR) is 114 cm³/mol. The van der Waals surface area contributed by atoms with Crippen LogP contribution in [-0.2, 0) is 17.9 Å². The molecule has 0 spiro atoms. The minimum absolute atomic E-state index is 0.0436. The van der Waals surface area contributed by atoms with Gasteiger partial charge in [0.15, 0.2) is 10.9 Å². The van der Waals surface area contributed by atoms with Crippen LogP contribution in [0.5, 0.6) is 0 Å². The number of hydrogen-bond donors (Lipinski definition) is 1. The number of carbonyl (C=O) groups is 2. The molecular weight excluding hydrogens is 406 g/mol. The van der Waals surface area contributed by atoms with Gasteiger partial charge in [-0.2, -0.15) is 0 Å². The third kappa shape index (κ3) is 4.30. The van der Waals surface area contributed by atoms with E-state index in [1.807, 2.05) is 26.0 Å². The van der Waals surface area contributed by atoms with E-state index in [2.05, 4.69) is 26.2 Å². The van der Waals surface area contributed by atoms with E-state index in [1.54, 1.807) is 15.9 Å². The number of thioether (sulfide) groups is 1. The fourth-order valence-electron chi connectivity index (χ4n) is 3.45. The Kier molecular flexibility index (Phi) is 5.60. The molecule has 7 nitrogen and oxygen atoms in total. The van der Waals surface area contributed by atoms with Crippen molar-refractivity contribution in [3.8, 4) is 0 Å². The van der Waals surface area contributed by atoms with Crippen LogP contribution in [0.15, 0.2) is 28.7 Å². The lowest BCUT2D eigenvalue weighted by molar-refractivity contribution is -0.118. The van der Waals surface area contributed by atoms with E-state index in [0.29, 0.717) is 11.1 Å². The SMILES string of the molecule is Cc1cc(C(=O)CSc2nnc(C3CC3)n2CC(N)=O)c(C)n1Cc1cccs1. The quantitative estimate of drug-likeness (QED) is 0.416. The first-order valence-electron chi connectivity index (χ1n) is 9.50. The largest absolute Gasteiger partial charge is 0.368 e. The topological polar surface area (TPSA) is 95.8 Å². The Morgan fingerprint density at radius 3 is 2.72 bits per heavy atom. The molecule has 0 saturated heterocycles. The standard InChI is InChI=1S/C20H23N5O2S2/c1-12-8-16(13(2)24(12)9-15-4-3-7-28-15)17(26)11-29-20-23-22-19(14-5-6-14)25(20)10-18(21)27/h3-4,7-8,14H,5-6,9-11H2,1-2H3,(H2,21,27). The maximum atomic E-state index is 12.9. The molecule has 0 radical (unpaired) electrons. The third-order valence-corrected chi connectivity index (χ3v) is 6.93. The number of nitrogens with two attached hydrogens (primary N) is 1. The predicted octanol–water partition coefficient (Wildman–Crippen LogP) is 3.14. The first kappa shape index (κ1) is 19.9. The van der Waals surface area contributed by atoms with Crippen LogP contribution in [0.3, 0.4) is 0 Å². The molecule has 0 atom stereocenters. The average molecular weight is 430 g/mol. The van der Waals surface area contributed by atoms with Crippen LogP contribution in [0.2, 0.25) is 0 Å². The van der Waals surface area contributed by atoms with Gasteiger partial charge in [0.05, 0.1) is 12.3 Å². The van der Waals surface area contributed by atoms with E-state index in [9.17, 15) is 9.59 Å². The second-order valence-corrected chi connectivity index (χ2v) is 9.30. The zero-order valence-corrected chi connectivity index (χ0v) is 18.1. The van der Waals surface area contributed by atoms with Gasteiger partial charge in [-0.15, -0.1) is 21.5 Å². The van der Waals surface area contributed by atoms with Crippen molar-refractivity contribution in [3.05, 3.63) is 51.2 Å². The monoisotopic (exact) mass is 429 g/mol. The molecule has 3 heterocycles. The highest BCUT2D eigenvalue weighted by molar-refractivity contribution is 7.99. The molecule has 1 aliphatic carbocycles. The third-order valence-electron chi connectivity index (χ3n) is 5.10. The number of nitrogens with zero attached hydrogens (tertiary/aromatic N) is 4. The number of carbonyl (C=O) groups excluding carboxylic acids is 2. The number of rotatable bonds is 9. The summed E-state index contributed by atoms with van der Waals surface area (Å²) in [6.45, 7) is 4.83. The molecule has 4 rings (SSSR count). The zero-order valence-electron chi connectivity index (χ0n) is 16.4. The smallest absolute Gasteiger partial charge is 0.237 e. The summed E-state index contributed by atoms with van der Waals surface area (Å²) < 4.78 is 3.93. The molecule has 1 saturated carbocycles. The lowest BCUT2D eigenvalue weighted by Crippen LogP contribution is -2.21. The lowest BCUT2D eigenvalue weighted by atomic mass is 10.2. The van der Waals surface area contributed by atoms with E-state index < -0.39 is 5.91 Å². The number of hydrogen-bond acceptors (Lipinski definition) is 6. The maximum Gasteiger partial charge on any atom is 0.237 e. The molecule has 0 aliphatic heterocycles. The van der Waals surface area contributed by atoms with Gasteiger partial charge >= 0.3 is 0 Å². The van der Waals surface area contributed by atoms with Crippen molar-refractivity contribution in [2.24, 2.45) is 5.73 Å². The van der Waals surface area contributed by atoms with Crippen LogP contribution in [0.1, 0.15) is 51.2 Å². The van der Waals surface area contributed by atoms with Crippen molar-refractivity contribution >= 4 is 34.8 Å². The number of amides is 1. The van der Waals surface area contributed by atoms with Crippen molar-refractivity contribution in [2.45, 2.75) is 50.9 Å². The summed E-state index contributed by atoms with van der Waals surface area (Å²) in [5.41, 5.74) is 8.16. The van der Waals surface area contributed by atoms with Gasteiger partial charge in [-0.1, -0.05) is 17.8 Å².